The molecule has 2 atom stereocenters. The number of anilines is 1. The number of aromatic nitrogens is 2. The van der Waals surface area contributed by atoms with E-state index in [1.165, 1.54) is 44.4 Å². The molecule has 0 saturated heterocycles. The number of ketones is 1. The van der Waals surface area contributed by atoms with Crippen LogP contribution in [-0.4, -0.2) is 62.7 Å². The predicted octanol–water partition coefficient (Wildman–Crippen LogP) is 3.56. The molecule has 0 radical (unpaired) electrons. The zero-order valence-corrected chi connectivity index (χ0v) is 27.2. The number of halogens is 1. The molecule has 0 saturated carbocycles. The lowest BCUT2D eigenvalue weighted by Gasteiger charge is -2.20. The summed E-state index contributed by atoms with van der Waals surface area (Å²) in [5, 5.41) is 24.8. The molecule has 256 valence electrons. The molecule has 15 heteroatoms. The average Bonchev–Trinajstić information content (AvgIpc) is 3.06. The van der Waals surface area contributed by atoms with E-state index in [0.29, 0.717) is 21.8 Å². The van der Waals surface area contributed by atoms with E-state index in [4.69, 9.17) is 38.0 Å². The molecule has 0 aliphatic heterocycles. The zero-order chi connectivity index (χ0) is 36.2. The lowest BCUT2D eigenvalue weighted by atomic mass is 9.98. The van der Waals surface area contributed by atoms with Crippen LogP contribution in [0.5, 0.6) is 5.88 Å². The summed E-state index contributed by atoms with van der Waals surface area (Å²) in [4.78, 5) is 70.5. The second kappa shape index (κ2) is 17.3. The van der Waals surface area contributed by atoms with Crippen molar-refractivity contribution in [1.82, 2.24) is 9.78 Å². The van der Waals surface area contributed by atoms with Gasteiger partial charge in [0.2, 0.25) is 17.7 Å². The fourth-order valence-corrected chi connectivity index (χ4v) is 4.71. The first-order valence-electron chi connectivity index (χ1n) is 14.6. The molecule has 1 heterocycles. The van der Waals surface area contributed by atoms with E-state index in [1.54, 1.807) is 18.2 Å². The lowest BCUT2D eigenvalue weighted by Crippen LogP contribution is -2.36. The van der Waals surface area contributed by atoms with Gasteiger partial charge in [0.15, 0.2) is 5.78 Å². The standard InChI is InChI=1S/C29H24ClN3O6.C5H10N2O3/c1-17(34)22-13-10-20(30)15-23(22)24-16-26(35)33(32-28(24)39-2)25(14-18-6-4-3-5-7-18)27(36)31-21-11-8-19(9-12-21)29(37)38;6-3(5(9)10)1-2-4(7)8/h3-13,15-16,25H,14H2,1-2H3,(H,31,36)(H,37,38);3H,1-2,6H2,(H2,7,8)(H,9,10). The van der Waals surface area contributed by atoms with Crippen LogP contribution in [0.25, 0.3) is 11.1 Å². The molecule has 0 bridgehead atoms. The smallest absolute Gasteiger partial charge is 0.335 e. The van der Waals surface area contributed by atoms with Crippen molar-refractivity contribution in [3.8, 4) is 17.0 Å². The molecule has 14 nitrogen and oxygen atoms in total. The van der Waals surface area contributed by atoms with Crippen LogP contribution in [0.1, 0.15) is 52.1 Å². The Kier molecular flexibility index (Phi) is 13.3. The first-order chi connectivity index (χ1) is 23.2. The summed E-state index contributed by atoms with van der Waals surface area (Å²) < 4.78 is 6.53. The summed E-state index contributed by atoms with van der Waals surface area (Å²) in [5.74, 6) is -3.49. The first-order valence-corrected chi connectivity index (χ1v) is 15.0. The van der Waals surface area contributed by atoms with E-state index in [9.17, 15) is 28.8 Å². The topological polar surface area (TPSA) is 234 Å². The highest BCUT2D eigenvalue weighted by molar-refractivity contribution is 6.31. The van der Waals surface area contributed by atoms with E-state index in [-0.39, 0.29) is 42.1 Å². The van der Waals surface area contributed by atoms with Gasteiger partial charge in [-0.05, 0) is 66.9 Å². The number of aliphatic carboxylic acids is 1. The Balaban J connectivity index is 0.000000565. The Morgan fingerprint density at radius 3 is 2.16 bits per heavy atom. The summed E-state index contributed by atoms with van der Waals surface area (Å²) in [5.41, 5.74) is 11.4. The summed E-state index contributed by atoms with van der Waals surface area (Å²) >= 11 is 6.18. The molecule has 7 N–H and O–H groups in total. The number of nitrogens with two attached hydrogens (primary N) is 2. The number of nitrogens with one attached hydrogen (secondary N) is 1. The van der Waals surface area contributed by atoms with E-state index < -0.39 is 41.4 Å². The summed E-state index contributed by atoms with van der Waals surface area (Å²) in [6.45, 7) is 1.40. The number of carbonyl (C=O) groups excluding carboxylic acids is 3. The molecule has 0 aliphatic carbocycles. The normalized spacial score (nSPS) is 11.7. The molecule has 2 amide bonds. The summed E-state index contributed by atoms with van der Waals surface area (Å²) in [7, 11) is 1.37. The van der Waals surface area contributed by atoms with Crippen LogP contribution in [0, 0.1) is 0 Å². The van der Waals surface area contributed by atoms with Gasteiger partial charge in [0.25, 0.3) is 5.56 Å². The van der Waals surface area contributed by atoms with Gasteiger partial charge in [-0.3, -0.25) is 24.0 Å². The Hall–Kier alpha value is -5.86. The van der Waals surface area contributed by atoms with Crippen molar-refractivity contribution in [1.29, 1.82) is 0 Å². The largest absolute Gasteiger partial charge is 0.480 e. The number of amides is 2. The number of Topliss-reactive ketones (excluding diaryl/α,β-unsaturated/α-hetero) is 1. The van der Waals surface area contributed by atoms with Gasteiger partial charge in [-0.1, -0.05) is 41.9 Å². The van der Waals surface area contributed by atoms with E-state index in [1.807, 2.05) is 30.3 Å². The summed E-state index contributed by atoms with van der Waals surface area (Å²) in [6, 6.07) is 18.7. The number of hydrogen-bond donors (Lipinski definition) is 5. The molecular weight excluding hydrogens is 658 g/mol. The third-order valence-electron chi connectivity index (χ3n) is 7.06. The Morgan fingerprint density at radius 2 is 1.61 bits per heavy atom. The molecule has 4 aromatic rings. The molecule has 0 fully saturated rings. The number of hydrogen-bond acceptors (Lipinski definition) is 9. The van der Waals surface area contributed by atoms with Crippen LogP contribution in [0.4, 0.5) is 5.69 Å². The van der Waals surface area contributed by atoms with Gasteiger partial charge < -0.3 is 31.7 Å². The quantitative estimate of drug-likeness (QED) is 0.127. The van der Waals surface area contributed by atoms with Crippen molar-refractivity contribution < 1.29 is 38.9 Å². The van der Waals surface area contributed by atoms with Gasteiger partial charge in [-0.15, -0.1) is 5.10 Å². The number of primary amides is 1. The van der Waals surface area contributed by atoms with Gasteiger partial charge in [-0.25, -0.2) is 9.48 Å². The highest BCUT2D eigenvalue weighted by Crippen LogP contribution is 2.32. The average molecular weight is 692 g/mol. The molecule has 3 aromatic carbocycles. The molecule has 0 spiro atoms. The predicted molar refractivity (Wildman–Crippen MR) is 181 cm³/mol. The second-order valence-electron chi connectivity index (χ2n) is 10.6. The molecule has 2 unspecified atom stereocenters. The van der Waals surface area contributed by atoms with Crippen molar-refractivity contribution in [2.45, 2.75) is 38.3 Å². The molecule has 0 aliphatic rings. The van der Waals surface area contributed by atoms with Crippen LogP contribution in [-0.2, 0) is 20.8 Å². The third-order valence-corrected chi connectivity index (χ3v) is 7.29. The number of ether oxygens (including phenoxy) is 1. The summed E-state index contributed by atoms with van der Waals surface area (Å²) in [6.07, 6.45) is 0.253. The molecule has 1 aromatic heterocycles. The monoisotopic (exact) mass is 691 g/mol. The minimum Gasteiger partial charge on any atom is -0.480 e. The molecule has 49 heavy (non-hydrogen) atoms. The molecule has 4 rings (SSSR count). The Labute approximate surface area is 285 Å². The van der Waals surface area contributed by atoms with Gasteiger partial charge >= 0.3 is 11.9 Å². The maximum atomic E-state index is 13.5. The van der Waals surface area contributed by atoms with Crippen LogP contribution >= 0.6 is 11.6 Å². The highest BCUT2D eigenvalue weighted by atomic mass is 35.5. The van der Waals surface area contributed by atoms with Gasteiger partial charge in [0, 0.05) is 35.2 Å². The van der Waals surface area contributed by atoms with Crippen LogP contribution in [0.2, 0.25) is 5.02 Å². The zero-order valence-electron chi connectivity index (χ0n) is 26.5. The van der Waals surface area contributed by atoms with Gasteiger partial charge in [0.1, 0.15) is 12.1 Å². The van der Waals surface area contributed by atoms with E-state index in [2.05, 4.69) is 10.4 Å². The Morgan fingerprint density at radius 1 is 0.959 bits per heavy atom. The Bertz CT molecular complexity index is 1900. The van der Waals surface area contributed by atoms with Crippen molar-refractivity contribution in [2.24, 2.45) is 11.5 Å². The van der Waals surface area contributed by atoms with Crippen LogP contribution < -0.4 is 27.1 Å². The molecular formula is C34H34ClN5O9. The third kappa shape index (κ3) is 10.6. The van der Waals surface area contributed by atoms with E-state index in [0.717, 1.165) is 10.2 Å². The number of carbonyl (C=O) groups is 5. The van der Waals surface area contributed by atoms with Crippen molar-refractivity contribution >= 4 is 46.8 Å². The minimum absolute atomic E-state index is 0.0213. The number of carboxylic acid groups (broad SMARTS) is 2. The number of methoxy groups -OCH3 is 1. The van der Waals surface area contributed by atoms with E-state index >= 15 is 0 Å². The number of aromatic carboxylic acids is 1. The van der Waals surface area contributed by atoms with Crippen molar-refractivity contribution in [2.75, 3.05) is 12.4 Å². The van der Waals surface area contributed by atoms with Crippen molar-refractivity contribution in [3.05, 3.63) is 111 Å². The fourth-order valence-electron chi connectivity index (χ4n) is 4.54. The minimum atomic E-state index is -1.11. The number of benzene rings is 3. The SMILES string of the molecule is COc1nn(C(Cc2ccccc2)C(=O)Nc2ccc(C(=O)O)cc2)c(=O)cc1-c1cc(Cl)ccc1C(C)=O.NC(=O)CCC(N)C(=O)O. The fraction of sp³-hybridized carbons (Fsp3) is 0.206. The highest BCUT2D eigenvalue weighted by Gasteiger charge is 2.26. The number of carboxylic acids is 2. The second-order valence-corrected chi connectivity index (χ2v) is 11.1. The number of nitrogens with zero attached hydrogens (tertiary/aromatic N) is 2. The maximum absolute atomic E-state index is 13.5. The van der Waals surface area contributed by atoms with Crippen molar-refractivity contribution in [3.63, 3.8) is 0 Å². The first kappa shape index (κ1) is 37.6. The van der Waals surface area contributed by atoms with Crippen LogP contribution in [0.15, 0.2) is 83.7 Å². The maximum Gasteiger partial charge on any atom is 0.335 e. The van der Waals surface area contributed by atoms with Gasteiger partial charge in [-0.2, -0.15) is 0 Å². The van der Waals surface area contributed by atoms with Gasteiger partial charge in [0.05, 0.1) is 18.2 Å². The lowest BCUT2D eigenvalue weighted by molar-refractivity contribution is -0.138. The number of rotatable bonds is 13. The van der Waals surface area contributed by atoms with Crippen LogP contribution in [0.3, 0.4) is 0 Å².